The van der Waals surface area contributed by atoms with Gasteiger partial charge in [0.1, 0.15) is 0 Å². The molecule has 0 heterocycles. The van der Waals surface area contributed by atoms with Gasteiger partial charge in [0.05, 0.1) is 6.04 Å². The van der Waals surface area contributed by atoms with Gasteiger partial charge in [0.2, 0.25) is 0 Å². The van der Waals surface area contributed by atoms with Crippen molar-refractivity contribution in [2.75, 3.05) is 11.8 Å². The molecule has 0 aromatic carbocycles. The third-order valence-electron chi connectivity index (χ3n) is 1.15. The molecule has 0 bridgehead atoms. The second kappa shape index (κ2) is 9.79. The second-order valence-electron chi connectivity index (χ2n) is 1.85. The molecule has 0 rings (SSSR count). The number of halogens is 3. The Morgan fingerprint density at radius 1 is 1.20 bits per heavy atom. The van der Waals surface area contributed by atoms with E-state index in [1.165, 1.54) is 0 Å². The number of alkyl halides is 2. The van der Waals surface area contributed by atoms with Crippen LogP contribution in [0.2, 0.25) is 0 Å². The maximum atomic E-state index is 10.2. The average molecular weight is 209 g/mol. The van der Waals surface area contributed by atoms with E-state index in [4.69, 9.17) is 23.2 Å². The lowest BCUT2D eigenvalue weighted by Gasteiger charge is -2.13. The second-order valence-corrected chi connectivity index (χ2v) is 2.61. The molecule has 0 aliphatic heterocycles. The van der Waals surface area contributed by atoms with Crippen LogP contribution in [-0.2, 0) is 0 Å². The Bertz CT molecular complexity index is 58.9. The summed E-state index contributed by atoms with van der Waals surface area (Å²) in [5, 5.41) is 10.2. The van der Waals surface area contributed by atoms with Gasteiger partial charge in [0.25, 0.3) is 0 Å². The van der Waals surface area contributed by atoms with Crippen molar-refractivity contribution in [1.29, 1.82) is 0 Å². The van der Waals surface area contributed by atoms with E-state index in [0.29, 0.717) is 11.8 Å². The van der Waals surface area contributed by atoms with Crippen LogP contribution in [0.5, 0.6) is 0 Å². The van der Waals surface area contributed by atoms with Crippen LogP contribution in [0.1, 0.15) is 12.8 Å². The summed E-state index contributed by atoms with van der Waals surface area (Å²) in [5.41, 5.74) is 0.921. The number of rotatable bonds is 5. The topological polar surface area (TPSA) is 39.7 Å². The molecule has 0 unspecified atom stereocenters. The van der Waals surface area contributed by atoms with Gasteiger partial charge in [-0.3, -0.25) is 0 Å². The van der Waals surface area contributed by atoms with Crippen molar-refractivity contribution in [3.05, 3.63) is 5.21 Å². The van der Waals surface area contributed by atoms with Gasteiger partial charge < -0.3 is 10.7 Å². The molecule has 5 heteroatoms. The van der Waals surface area contributed by atoms with Crippen molar-refractivity contribution in [2.24, 2.45) is 0 Å². The molecule has 0 aromatic rings. The van der Waals surface area contributed by atoms with Crippen LogP contribution in [0.3, 0.4) is 0 Å². The van der Waals surface area contributed by atoms with Gasteiger partial charge in [-0.1, -0.05) is 0 Å². The molecule has 0 aliphatic rings. The Hall–Kier alpha value is 0.790. The first-order chi connectivity index (χ1) is 4.35. The monoisotopic (exact) mass is 207 g/mol. The molecule has 0 spiro atoms. The fourth-order valence-corrected chi connectivity index (χ4v) is 1.12. The highest BCUT2D eigenvalue weighted by atomic mass is 35.5. The van der Waals surface area contributed by atoms with Gasteiger partial charge in [-0.15, -0.1) is 35.6 Å². The molecular formula is C5H12Cl3NO. The third kappa shape index (κ3) is 6.90. The van der Waals surface area contributed by atoms with Gasteiger partial charge in [-0.2, -0.15) is 0 Å². The van der Waals surface area contributed by atoms with E-state index in [0.717, 1.165) is 18.3 Å². The SMILES string of the molecule is Cl.[O-][NH2+]C(CCCl)CCCl. The van der Waals surface area contributed by atoms with Crippen molar-refractivity contribution in [3.8, 4) is 0 Å². The van der Waals surface area contributed by atoms with Crippen LogP contribution in [0, 0.1) is 5.21 Å². The molecule has 0 saturated heterocycles. The molecule has 0 aromatic heterocycles. The minimum Gasteiger partial charge on any atom is -0.636 e. The van der Waals surface area contributed by atoms with E-state index in [1.54, 1.807) is 0 Å². The van der Waals surface area contributed by atoms with Crippen LogP contribution in [0.15, 0.2) is 0 Å². The van der Waals surface area contributed by atoms with Crippen LogP contribution in [0.4, 0.5) is 0 Å². The Labute approximate surface area is 77.3 Å². The molecule has 2 nitrogen and oxygen atoms in total. The minimum atomic E-state index is 0. The van der Waals surface area contributed by atoms with E-state index in [9.17, 15) is 5.21 Å². The largest absolute Gasteiger partial charge is 0.636 e. The maximum absolute atomic E-state index is 10.2. The standard InChI is InChI=1S/C5H11Cl2NO.ClH/c6-3-1-5(8-9)2-4-7;/h5H,1-4,8H2;1H. The summed E-state index contributed by atoms with van der Waals surface area (Å²) in [7, 11) is 0. The molecular weight excluding hydrogens is 196 g/mol. The summed E-state index contributed by atoms with van der Waals surface area (Å²) >= 11 is 10.8. The van der Waals surface area contributed by atoms with E-state index in [1.807, 2.05) is 0 Å². The highest BCUT2D eigenvalue weighted by molar-refractivity contribution is 6.18. The molecule has 0 saturated carbocycles. The summed E-state index contributed by atoms with van der Waals surface area (Å²) in [6, 6.07) is 0.0694. The molecule has 10 heavy (non-hydrogen) atoms. The highest BCUT2D eigenvalue weighted by Gasteiger charge is 2.04. The zero-order chi connectivity index (χ0) is 7.11. The number of nitrogens with two attached hydrogens (primary N) is 1. The van der Waals surface area contributed by atoms with Crippen LogP contribution < -0.4 is 5.48 Å². The minimum absolute atomic E-state index is 0. The van der Waals surface area contributed by atoms with E-state index < -0.39 is 0 Å². The molecule has 0 aliphatic carbocycles. The molecule has 0 atom stereocenters. The summed E-state index contributed by atoms with van der Waals surface area (Å²) in [4.78, 5) is 0. The normalized spacial score (nSPS) is 9.60. The first kappa shape index (κ1) is 13.4. The maximum Gasteiger partial charge on any atom is 0.0879 e. The average Bonchev–Trinajstić information content (AvgIpc) is 1.88. The van der Waals surface area contributed by atoms with Crippen LogP contribution >= 0.6 is 35.6 Å². The summed E-state index contributed by atoms with van der Waals surface area (Å²) in [6.07, 6.45) is 1.50. The van der Waals surface area contributed by atoms with Gasteiger partial charge in [0.15, 0.2) is 0 Å². The van der Waals surface area contributed by atoms with Crippen molar-refractivity contribution in [2.45, 2.75) is 18.9 Å². The Balaban J connectivity index is 0. The van der Waals surface area contributed by atoms with Gasteiger partial charge in [0, 0.05) is 24.6 Å². The number of hydroxylamine groups is 1. The first-order valence-corrected chi connectivity index (χ1v) is 3.99. The fraction of sp³-hybridized carbons (Fsp3) is 1.00. The zero-order valence-electron chi connectivity index (χ0n) is 5.56. The van der Waals surface area contributed by atoms with Gasteiger partial charge in [-0.05, 0) is 0 Å². The van der Waals surface area contributed by atoms with E-state index in [2.05, 4.69) is 0 Å². The van der Waals surface area contributed by atoms with E-state index >= 15 is 0 Å². The molecule has 0 fully saturated rings. The molecule has 64 valence electrons. The predicted molar refractivity (Wildman–Crippen MR) is 47.0 cm³/mol. The van der Waals surface area contributed by atoms with Gasteiger partial charge >= 0.3 is 0 Å². The smallest absolute Gasteiger partial charge is 0.0879 e. The summed E-state index contributed by atoms with van der Waals surface area (Å²) in [5.74, 6) is 1.08. The van der Waals surface area contributed by atoms with Crippen molar-refractivity contribution >= 4 is 35.6 Å². The molecule has 0 amide bonds. The first-order valence-electron chi connectivity index (χ1n) is 2.92. The zero-order valence-corrected chi connectivity index (χ0v) is 7.88. The van der Waals surface area contributed by atoms with E-state index in [-0.39, 0.29) is 18.4 Å². The quantitative estimate of drug-likeness (QED) is 0.533. The molecule has 2 N–H and O–H groups in total. The summed E-state index contributed by atoms with van der Waals surface area (Å²) < 4.78 is 0. The predicted octanol–water partition coefficient (Wildman–Crippen LogP) is 1.10. The lowest BCUT2D eigenvalue weighted by Crippen LogP contribution is -2.84. The third-order valence-corrected chi connectivity index (χ3v) is 1.59. The molecule has 0 radical (unpaired) electrons. The summed E-state index contributed by atoms with van der Waals surface area (Å²) in [6.45, 7) is 0. The Morgan fingerprint density at radius 2 is 1.60 bits per heavy atom. The van der Waals surface area contributed by atoms with Gasteiger partial charge in [-0.25, -0.2) is 0 Å². The Kier molecular flexibility index (Phi) is 13.1. The van der Waals surface area contributed by atoms with Crippen molar-refractivity contribution in [3.63, 3.8) is 0 Å². The lowest BCUT2D eigenvalue weighted by atomic mass is 10.2. The van der Waals surface area contributed by atoms with Crippen LogP contribution in [-0.4, -0.2) is 17.8 Å². The fourth-order valence-electron chi connectivity index (χ4n) is 0.561. The highest BCUT2D eigenvalue weighted by Crippen LogP contribution is 1.96. The lowest BCUT2D eigenvalue weighted by molar-refractivity contribution is -0.627. The Morgan fingerprint density at radius 3 is 1.80 bits per heavy atom. The van der Waals surface area contributed by atoms with Crippen LogP contribution in [0.25, 0.3) is 0 Å². The number of quaternary nitrogens is 1. The van der Waals surface area contributed by atoms with Crippen molar-refractivity contribution < 1.29 is 5.48 Å². The van der Waals surface area contributed by atoms with Crippen molar-refractivity contribution in [1.82, 2.24) is 0 Å². The number of hydrogen-bond donors (Lipinski definition) is 1. The number of hydrogen-bond acceptors (Lipinski definition) is 1.